The van der Waals surface area contributed by atoms with Gasteiger partial charge in [-0.3, -0.25) is 0 Å². The van der Waals surface area contributed by atoms with Gasteiger partial charge in [-0.15, -0.1) is 0 Å². The van der Waals surface area contributed by atoms with Crippen LogP contribution >= 0.6 is 139 Å². The van der Waals surface area contributed by atoms with Crippen molar-refractivity contribution in [2.24, 2.45) is 0 Å². The molecular weight excluding hydrogens is 1650 g/mol. The van der Waals surface area contributed by atoms with Crippen molar-refractivity contribution in [1.29, 1.82) is 0 Å². The van der Waals surface area contributed by atoms with Crippen molar-refractivity contribution in [3.8, 4) is 91.5 Å². The predicted octanol–water partition coefficient (Wildman–Crippen LogP) is 29.5. The monoisotopic (exact) mass is 1720 g/mol. The molecule has 550 valence electrons. The average molecular weight is 1720 g/mol. The third-order valence-electron chi connectivity index (χ3n) is 18.8. The predicted molar refractivity (Wildman–Crippen MR) is 442 cm³/mol. The molecule has 8 bridgehead atoms. The molecule has 0 saturated heterocycles. The van der Waals surface area contributed by atoms with Crippen LogP contribution in [0.2, 0.25) is 60.3 Å². The number of fused-ring (bicyclic) bond motifs is 20. The van der Waals surface area contributed by atoms with E-state index in [1.165, 1.54) is 0 Å². The van der Waals surface area contributed by atoms with Gasteiger partial charge in [0.1, 0.15) is 43.1 Å². The molecule has 0 saturated carbocycles. The molecule has 0 unspecified atom stereocenters. The molecule has 0 fully saturated rings. The molecule has 107 heavy (non-hydrogen) atoms. The molecule has 2 aliphatic rings. The third-order valence-corrected chi connectivity index (χ3v) is 23.6. The van der Waals surface area contributed by atoms with Crippen LogP contribution in [0.15, 0.2) is 72.8 Å². The van der Waals surface area contributed by atoms with E-state index in [0.717, 1.165) is 44.5 Å². The third kappa shape index (κ3) is 14.5. The van der Waals surface area contributed by atoms with E-state index in [1.807, 2.05) is 68.4 Å². The molecule has 5 heterocycles. The molecule has 0 spiro atoms. The maximum absolute atomic E-state index is 7.86. The number of para-hydroxylation sites is 1. The molecule has 25 heteroatoms. The van der Waals surface area contributed by atoms with Crippen LogP contribution in [0.1, 0.15) is 169 Å². The minimum absolute atomic E-state index is 0. The summed E-state index contributed by atoms with van der Waals surface area (Å²) >= 11 is 91.7. The molecule has 12 nitrogen and oxygen atoms in total. The Balaban J connectivity index is 0.0000107. The van der Waals surface area contributed by atoms with Crippen LogP contribution in [-0.2, 0) is 52.0 Å². The van der Waals surface area contributed by atoms with Crippen molar-refractivity contribution in [2.75, 3.05) is 0 Å². The summed E-state index contributed by atoms with van der Waals surface area (Å²) in [7, 11) is 0. The van der Waals surface area contributed by atoms with Gasteiger partial charge in [-0.25, -0.2) is 9.97 Å². The molecule has 0 radical (unpaired) electrons. The van der Waals surface area contributed by atoms with Gasteiger partial charge >= 0.3 is 19.5 Å². The Morgan fingerprint density at radius 3 is 0.804 bits per heavy atom. The number of rotatable bonds is 8. The zero-order chi connectivity index (χ0) is 77.4. The number of hydrogen-bond acceptors (Lipinski definition) is 10. The molecule has 3 aromatic heterocycles. The topological polar surface area (TPSA) is 142 Å². The van der Waals surface area contributed by atoms with Crippen molar-refractivity contribution in [3.05, 3.63) is 178 Å². The number of benzene rings is 8. The van der Waals surface area contributed by atoms with Crippen molar-refractivity contribution in [2.45, 2.75) is 171 Å². The number of halogens is 12. The molecule has 0 amide bonds. The van der Waals surface area contributed by atoms with Gasteiger partial charge in [0, 0.05) is 83.1 Å². The number of aromatic nitrogens is 8. The summed E-state index contributed by atoms with van der Waals surface area (Å²) in [5.41, 5.74) is 5.20. The minimum Gasteiger partial charge on any atom is -0.454 e. The molecule has 2 aliphatic heterocycles. The normalized spacial score (nSPS) is 12.8. The summed E-state index contributed by atoms with van der Waals surface area (Å²) in [6, 6.07) is 23.7. The largest absolute Gasteiger partial charge is 2.00 e. The molecule has 11 aromatic rings. The first-order valence-corrected chi connectivity index (χ1v) is 38.5. The Kier molecular flexibility index (Phi) is 21.6. The van der Waals surface area contributed by atoms with Crippen molar-refractivity contribution in [3.63, 3.8) is 0 Å². The summed E-state index contributed by atoms with van der Waals surface area (Å²) in [4.78, 5) is 41.7. The Hall–Kier alpha value is -5.58. The van der Waals surface area contributed by atoms with Gasteiger partial charge in [0.05, 0.1) is 63.5 Å². The van der Waals surface area contributed by atoms with E-state index in [2.05, 4.69) is 143 Å². The first-order chi connectivity index (χ1) is 49.2. The van der Waals surface area contributed by atoms with Gasteiger partial charge < -0.3 is 48.9 Å². The molecule has 0 atom stereocenters. The van der Waals surface area contributed by atoms with Crippen LogP contribution in [0.4, 0.5) is 0 Å². The zero-order valence-electron chi connectivity index (χ0n) is 62.4. The first kappa shape index (κ1) is 80.9. The zero-order valence-corrected chi connectivity index (χ0v) is 74.4. The quantitative estimate of drug-likeness (QED) is 0.106. The second-order valence-corrected chi connectivity index (χ2v) is 37.4. The van der Waals surface area contributed by atoms with E-state index in [4.69, 9.17) is 198 Å². The maximum Gasteiger partial charge on any atom is 2.00 e. The summed E-state index contributed by atoms with van der Waals surface area (Å²) in [6.45, 7) is 41.8. The van der Waals surface area contributed by atoms with Gasteiger partial charge in [-0.05, 0) is 92.4 Å². The molecule has 0 N–H and O–H groups in total. The number of ether oxygens (including phenoxy) is 4. The van der Waals surface area contributed by atoms with Crippen LogP contribution in [0.3, 0.4) is 0 Å². The van der Waals surface area contributed by atoms with E-state index in [1.54, 1.807) is 0 Å². The average Bonchev–Trinajstić information content (AvgIpc) is 1.58. The van der Waals surface area contributed by atoms with E-state index in [9.17, 15) is 0 Å². The Morgan fingerprint density at radius 2 is 0.523 bits per heavy atom. The fraction of sp³-hybridized carbons (Fsp3) is 0.317. The van der Waals surface area contributed by atoms with Crippen molar-refractivity contribution < 1.29 is 38.4 Å². The van der Waals surface area contributed by atoms with Crippen LogP contribution in [0.25, 0.3) is 89.7 Å². The Bertz CT molecular complexity index is 5800. The second kappa shape index (κ2) is 28.6. The Morgan fingerprint density at radius 1 is 0.271 bits per heavy atom. The van der Waals surface area contributed by atoms with E-state index in [0.29, 0.717) is 23.0 Å². The summed E-state index contributed by atoms with van der Waals surface area (Å²) in [5.74, 6) is 1.21. The second-order valence-electron chi connectivity index (χ2n) is 32.8. The van der Waals surface area contributed by atoms with Gasteiger partial charge in [0.25, 0.3) is 0 Å². The number of aryl methyl sites for hydroxylation is 2. The first-order valence-electron chi connectivity index (χ1n) is 33.9. The van der Waals surface area contributed by atoms with Crippen molar-refractivity contribution >= 4 is 183 Å². The fourth-order valence-corrected chi connectivity index (χ4v) is 16.3. The summed E-state index contributed by atoms with van der Waals surface area (Å²) in [6.07, 6.45) is 0. The molecule has 13 rings (SSSR count). The molecule has 8 aromatic carbocycles. The van der Waals surface area contributed by atoms with Crippen LogP contribution in [0.5, 0.6) is 46.0 Å². The standard InChI is InChI=1S/C82H72Cl12N8O4.Zn/c1-33-22-21-23-34(2)64(33)106-68-59(90)51-47(55(86)63(68)94)70-95-69-44-49(57(88)66(60(91)52(44)83)104-42-28-25-36(78(6,7)8)31-39(42)81(15,16)17)74(96-69)102-75-50-46(54(85)62(93)67(58(50)89)105-43-29-26-37(79(9,10)11)32-40(43)82(18,19)20)71(100-75)98-73-48-45(72(99-73)101-76(51)97-70)53(84)61(92)65(56(48)87)103-41-27-24-35(77(3,4)5)30-38(41)80(12,13)14;/h21-32H,1-20H3;/q-2;+2. The summed E-state index contributed by atoms with van der Waals surface area (Å²) in [5, 5.41) is -0.639. The minimum atomic E-state index is -0.456. The maximum atomic E-state index is 7.86. The smallest absolute Gasteiger partial charge is 0.454 e. The fourth-order valence-electron chi connectivity index (χ4n) is 12.9. The van der Waals surface area contributed by atoms with Gasteiger partial charge in [-0.2, -0.15) is 0 Å². The Labute approximate surface area is 695 Å². The number of hydrogen-bond donors (Lipinski definition) is 0. The van der Waals surface area contributed by atoms with E-state index < -0.39 is 16.2 Å². The van der Waals surface area contributed by atoms with Gasteiger partial charge in [-0.1, -0.05) is 318 Å². The van der Waals surface area contributed by atoms with Crippen LogP contribution in [0, 0.1) is 13.8 Å². The van der Waals surface area contributed by atoms with Gasteiger partial charge in [0.2, 0.25) is 0 Å². The van der Waals surface area contributed by atoms with E-state index in [-0.39, 0.29) is 209 Å². The molecule has 0 aliphatic carbocycles. The molecular formula is C82H72Cl12N8O4Zn. The van der Waals surface area contributed by atoms with E-state index >= 15 is 0 Å². The van der Waals surface area contributed by atoms with Crippen molar-refractivity contribution in [1.82, 2.24) is 39.9 Å². The van der Waals surface area contributed by atoms with Gasteiger partial charge in [0.15, 0.2) is 23.0 Å². The SMILES string of the molecule is Cc1cccc(C)c1Oc1c(Cl)c(Cl)c2c3nc4nc(nc5[n-]c(nc6nc(nc([n-]3)c2c1Cl)-c1c(Cl)c(Cl)c(Oc2ccc(C(C)(C)C)cc2C(C)(C)C)c(Cl)c1-6)c1c(Cl)c(Cl)c(Oc2ccc(C(C)(C)C)cc2C(C)(C)C)c(Cl)c51)-c1c(Cl)c(Oc2ccc(C(C)(C)C)cc2C(C)(C)C)c(Cl)c(Cl)c1-4.[Zn+2]. The van der Waals surface area contributed by atoms with Crippen LogP contribution < -0.4 is 28.9 Å². The summed E-state index contributed by atoms with van der Waals surface area (Å²) < 4.78 is 27.5. The van der Waals surface area contributed by atoms with Crippen LogP contribution in [-0.4, -0.2) is 29.9 Å². The number of nitrogens with zero attached hydrogens (tertiary/aromatic N) is 8.